The molecule has 0 aliphatic rings. The smallest absolute Gasteiger partial charge is 0.255 e. The lowest BCUT2D eigenvalue weighted by Gasteiger charge is -2.12. The summed E-state index contributed by atoms with van der Waals surface area (Å²) in [6.07, 6.45) is 1.60. The quantitative estimate of drug-likeness (QED) is 0.604. The molecule has 0 radical (unpaired) electrons. The molecular weight excluding hydrogens is 362 g/mol. The Morgan fingerprint density at radius 2 is 1.89 bits per heavy atom. The highest BCUT2D eigenvalue weighted by Gasteiger charge is 2.10. The molecule has 0 fully saturated rings. The lowest BCUT2D eigenvalue weighted by Crippen LogP contribution is -2.13. The van der Waals surface area contributed by atoms with Crippen molar-refractivity contribution in [2.75, 3.05) is 17.2 Å². The number of nitrogens with zero attached hydrogens (tertiary/aromatic N) is 1. The largest absolute Gasteiger partial charge is 0.492 e. The zero-order chi connectivity index (χ0) is 19.1. The highest BCUT2D eigenvalue weighted by molar-refractivity contribution is 6.30. The molecule has 1 aromatic heterocycles. The minimum atomic E-state index is -0.223. The second-order valence-electron chi connectivity index (χ2n) is 5.79. The molecule has 0 saturated carbocycles. The summed E-state index contributed by atoms with van der Waals surface area (Å²) in [5.41, 5.74) is 2.22. The number of carbonyl (C=O) groups is 1. The van der Waals surface area contributed by atoms with Crippen molar-refractivity contribution in [2.45, 2.75) is 13.5 Å². The lowest BCUT2D eigenvalue weighted by atomic mass is 10.2. The van der Waals surface area contributed by atoms with E-state index in [2.05, 4.69) is 15.6 Å². The first kappa shape index (κ1) is 18.7. The number of nitrogens with one attached hydrogen (secondary N) is 2. The van der Waals surface area contributed by atoms with E-state index in [1.807, 2.05) is 55.5 Å². The third-order valence-electron chi connectivity index (χ3n) is 3.84. The fourth-order valence-corrected chi connectivity index (χ4v) is 2.64. The molecule has 3 rings (SSSR count). The summed E-state index contributed by atoms with van der Waals surface area (Å²) in [6.45, 7) is 3.02. The van der Waals surface area contributed by atoms with Gasteiger partial charge in [0, 0.05) is 23.3 Å². The SMILES string of the molecule is CCOc1ccccc1NC(=O)c1ccnc(NCc2ccc(Cl)cc2)c1. The predicted octanol–water partition coefficient (Wildman–Crippen LogP) is 5.00. The van der Waals surface area contributed by atoms with E-state index in [0.717, 1.165) is 5.56 Å². The normalized spacial score (nSPS) is 10.3. The molecule has 0 unspecified atom stereocenters. The van der Waals surface area contributed by atoms with E-state index in [4.69, 9.17) is 16.3 Å². The van der Waals surface area contributed by atoms with Gasteiger partial charge in [0.15, 0.2) is 0 Å². The van der Waals surface area contributed by atoms with Crippen LogP contribution >= 0.6 is 11.6 Å². The molecule has 0 spiro atoms. The molecule has 2 aromatic carbocycles. The third kappa shape index (κ3) is 5.21. The van der Waals surface area contributed by atoms with Crippen molar-refractivity contribution in [2.24, 2.45) is 0 Å². The number of aromatic nitrogens is 1. The van der Waals surface area contributed by atoms with E-state index >= 15 is 0 Å². The Hall–Kier alpha value is -3.05. The van der Waals surface area contributed by atoms with Gasteiger partial charge >= 0.3 is 0 Å². The molecule has 0 atom stereocenters. The van der Waals surface area contributed by atoms with Gasteiger partial charge in [0.25, 0.3) is 5.91 Å². The molecule has 6 heteroatoms. The number of amides is 1. The molecule has 3 aromatic rings. The maximum absolute atomic E-state index is 12.6. The van der Waals surface area contributed by atoms with E-state index in [9.17, 15) is 4.79 Å². The standard InChI is InChI=1S/C21H20ClN3O2/c1-2-27-19-6-4-3-5-18(19)25-21(26)16-11-12-23-20(13-16)24-14-15-7-9-17(22)10-8-15/h3-13H,2,14H2,1H3,(H,23,24)(H,25,26). The zero-order valence-corrected chi connectivity index (χ0v) is 15.7. The van der Waals surface area contributed by atoms with Crippen LogP contribution in [0.4, 0.5) is 11.5 Å². The number of ether oxygens (including phenoxy) is 1. The van der Waals surface area contributed by atoms with Gasteiger partial charge in [-0.15, -0.1) is 0 Å². The monoisotopic (exact) mass is 381 g/mol. The number of benzene rings is 2. The summed E-state index contributed by atoms with van der Waals surface area (Å²) in [5.74, 6) is 1.04. The summed E-state index contributed by atoms with van der Waals surface area (Å²) in [4.78, 5) is 16.9. The third-order valence-corrected chi connectivity index (χ3v) is 4.10. The van der Waals surface area contributed by atoms with Crippen LogP contribution in [0.5, 0.6) is 5.75 Å². The van der Waals surface area contributed by atoms with E-state index in [1.165, 1.54) is 0 Å². The summed E-state index contributed by atoms with van der Waals surface area (Å²) >= 11 is 5.90. The van der Waals surface area contributed by atoms with E-state index < -0.39 is 0 Å². The van der Waals surface area contributed by atoms with Crippen molar-refractivity contribution in [3.05, 3.63) is 83.0 Å². The highest BCUT2D eigenvalue weighted by atomic mass is 35.5. The number of rotatable bonds is 7. The van der Waals surface area contributed by atoms with Crippen LogP contribution < -0.4 is 15.4 Å². The molecule has 0 aliphatic carbocycles. The Kier molecular flexibility index (Phi) is 6.28. The Labute approximate surface area is 163 Å². The maximum Gasteiger partial charge on any atom is 0.255 e. The van der Waals surface area contributed by atoms with Crippen molar-refractivity contribution in [3.8, 4) is 5.75 Å². The number of para-hydroxylation sites is 2. The number of carbonyl (C=O) groups excluding carboxylic acids is 1. The van der Waals surface area contributed by atoms with Gasteiger partial charge in [0.05, 0.1) is 12.3 Å². The van der Waals surface area contributed by atoms with Crippen molar-refractivity contribution in [3.63, 3.8) is 0 Å². The fraction of sp³-hybridized carbons (Fsp3) is 0.143. The van der Waals surface area contributed by atoms with Crippen molar-refractivity contribution in [1.82, 2.24) is 4.98 Å². The number of hydrogen-bond acceptors (Lipinski definition) is 4. The fourth-order valence-electron chi connectivity index (χ4n) is 2.51. The lowest BCUT2D eigenvalue weighted by molar-refractivity contribution is 0.102. The Morgan fingerprint density at radius 3 is 2.67 bits per heavy atom. The molecule has 0 saturated heterocycles. The maximum atomic E-state index is 12.6. The zero-order valence-electron chi connectivity index (χ0n) is 14.9. The molecule has 1 amide bonds. The van der Waals surface area contributed by atoms with Gasteiger partial charge in [-0.1, -0.05) is 35.9 Å². The van der Waals surface area contributed by atoms with Crippen molar-refractivity contribution >= 4 is 29.0 Å². The summed E-state index contributed by atoms with van der Waals surface area (Å²) in [7, 11) is 0. The van der Waals surface area contributed by atoms with Crippen LogP contribution in [0.15, 0.2) is 66.9 Å². The van der Waals surface area contributed by atoms with Crippen molar-refractivity contribution in [1.29, 1.82) is 0 Å². The highest BCUT2D eigenvalue weighted by Crippen LogP contribution is 2.24. The van der Waals surface area contributed by atoms with Crippen LogP contribution in [0.1, 0.15) is 22.8 Å². The molecule has 1 heterocycles. The van der Waals surface area contributed by atoms with Gasteiger partial charge in [-0.3, -0.25) is 4.79 Å². The topological polar surface area (TPSA) is 63.2 Å². The van der Waals surface area contributed by atoms with E-state index in [0.29, 0.717) is 41.0 Å². The van der Waals surface area contributed by atoms with Crippen LogP contribution in [0.2, 0.25) is 5.02 Å². The second-order valence-corrected chi connectivity index (χ2v) is 6.23. The van der Waals surface area contributed by atoms with Crippen LogP contribution in [0, 0.1) is 0 Å². The van der Waals surface area contributed by atoms with Crippen LogP contribution in [0.25, 0.3) is 0 Å². The Bertz CT molecular complexity index is 913. The first-order valence-electron chi connectivity index (χ1n) is 8.63. The minimum absolute atomic E-state index is 0.223. The number of halogens is 1. The van der Waals surface area contributed by atoms with Gasteiger partial charge in [0.1, 0.15) is 11.6 Å². The van der Waals surface area contributed by atoms with Crippen LogP contribution in [0.3, 0.4) is 0 Å². The van der Waals surface area contributed by atoms with E-state index in [1.54, 1.807) is 18.3 Å². The molecule has 2 N–H and O–H groups in total. The van der Waals surface area contributed by atoms with Gasteiger partial charge < -0.3 is 15.4 Å². The first-order chi connectivity index (χ1) is 13.2. The number of hydrogen-bond donors (Lipinski definition) is 2. The average molecular weight is 382 g/mol. The molecule has 27 heavy (non-hydrogen) atoms. The molecular formula is C21H20ClN3O2. The number of pyridine rings is 1. The van der Waals surface area contributed by atoms with Gasteiger partial charge in [-0.2, -0.15) is 0 Å². The predicted molar refractivity (Wildman–Crippen MR) is 109 cm³/mol. The van der Waals surface area contributed by atoms with Crippen LogP contribution in [-0.4, -0.2) is 17.5 Å². The van der Waals surface area contributed by atoms with E-state index in [-0.39, 0.29) is 5.91 Å². The average Bonchev–Trinajstić information content (AvgIpc) is 2.69. The van der Waals surface area contributed by atoms with Gasteiger partial charge in [-0.05, 0) is 48.9 Å². The van der Waals surface area contributed by atoms with Gasteiger partial charge in [-0.25, -0.2) is 4.98 Å². The summed E-state index contributed by atoms with van der Waals surface area (Å²) in [6, 6.07) is 18.3. The Morgan fingerprint density at radius 1 is 1.11 bits per heavy atom. The molecule has 0 bridgehead atoms. The summed E-state index contributed by atoms with van der Waals surface area (Å²) < 4.78 is 5.54. The van der Waals surface area contributed by atoms with Gasteiger partial charge in [0.2, 0.25) is 0 Å². The summed E-state index contributed by atoms with van der Waals surface area (Å²) in [5, 5.41) is 6.79. The first-order valence-corrected chi connectivity index (χ1v) is 9.01. The number of anilines is 2. The minimum Gasteiger partial charge on any atom is -0.492 e. The molecule has 138 valence electrons. The van der Waals surface area contributed by atoms with Crippen molar-refractivity contribution < 1.29 is 9.53 Å². The second kappa shape index (κ2) is 9.05. The molecule has 5 nitrogen and oxygen atoms in total. The molecule has 0 aliphatic heterocycles. The van der Waals surface area contributed by atoms with Crippen LogP contribution in [-0.2, 0) is 6.54 Å². The Balaban J connectivity index is 1.67.